The molecule has 0 aliphatic carbocycles. The Morgan fingerprint density at radius 2 is 1.40 bits per heavy atom. The van der Waals surface area contributed by atoms with Crippen molar-refractivity contribution in [2.24, 2.45) is 17.6 Å². The van der Waals surface area contributed by atoms with Gasteiger partial charge >= 0.3 is 11.9 Å². The average Bonchev–Trinajstić information content (AvgIpc) is 3.07. The van der Waals surface area contributed by atoms with Gasteiger partial charge in [-0.15, -0.1) is 0 Å². The Labute approximate surface area is 309 Å². The molecule has 15 heteroatoms. The van der Waals surface area contributed by atoms with Crippen LogP contribution in [-0.2, 0) is 48.7 Å². The van der Waals surface area contributed by atoms with E-state index in [4.69, 9.17) is 5.73 Å². The van der Waals surface area contributed by atoms with Gasteiger partial charge in [-0.3, -0.25) is 14.4 Å². The number of hydrogen-bond donors (Lipinski definition) is 1. The highest BCUT2D eigenvalue weighted by Gasteiger charge is 2.38. The van der Waals surface area contributed by atoms with Gasteiger partial charge in [0.2, 0.25) is 20.0 Å². The van der Waals surface area contributed by atoms with Crippen LogP contribution in [0.4, 0.5) is 0 Å². The second-order valence-corrected chi connectivity index (χ2v) is 16.7. The molecule has 52 heavy (non-hydrogen) atoms. The molecule has 2 aromatic rings. The Morgan fingerprint density at radius 3 is 1.87 bits per heavy atom. The largest absolute Gasteiger partial charge is 0.469 e. The summed E-state index contributed by atoms with van der Waals surface area (Å²) in [6.07, 6.45) is 3.90. The highest BCUT2D eigenvalue weighted by atomic mass is 32.2. The number of carbonyl (C=O) groups is 4. The first-order chi connectivity index (χ1) is 24.3. The van der Waals surface area contributed by atoms with Gasteiger partial charge < -0.3 is 15.2 Å². The monoisotopic (exact) mass is 765 g/mol. The number of sulfonamides is 2. The zero-order valence-electron chi connectivity index (χ0n) is 31.5. The number of Topliss-reactive ketones (excluding diaryl/α,β-unsaturated/α-hetero) is 2. The van der Waals surface area contributed by atoms with E-state index in [-0.39, 0.29) is 65.7 Å². The molecule has 0 amide bonds. The third-order valence-corrected chi connectivity index (χ3v) is 11.7. The summed E-state index contributed by atoms with van der Waals surface area (Å²) >= 11 is 0. The predicted octanol–water partition coefficient (Wildman–Crippen LogP) is 4.21. The number of methoxy groups -OCH3 is 2. The summed E-state index contributed by atoms with van der Waals surface area (Å²) in [5.74, 6) is -1.72. The van der Waals surface area contributed by atoms with Crippen LogP contribution in [0, 0.1) is 25.7 Å². The van der Waals surface area contributed by atoms with Gasteiger partial charge in [0.05, 0.1) is 24.0 Å². The van der Waals surface area contributed by atoms with Crippen LogP contribution in [-0.4, -0.2) is 95.4 Å². The van der Waals surface area contributed by atoms with Crippen molar-refractivity contribution < 1.29 is 45.5 Å². The van der Waals surface area contributed by atoms with Crippen molar-refractivity contribution >= 4 is 43.6 Å². The van der Waals surface area contributed by atoms with E-state index in [9.17, 15) is 36.0 Å². The molecule has 13 nitrogen and oxygen atoms in total. The highest BCUT2D eigenvalue weighted by Crippen LogP contribution is 2.31. The van der Waals surface area contributed by atoms with E-state index < -0.39 is 31.9 Å². The van der Waals surface area contributed by atoms with E-state index >= 15 is 0 Å². The minimum atomic E-state index is -3.69. The first kappa shape index (κ1) is 46.3. The number of hydrogen-bond acceptors (Lipinski definition) is 11. The summed E-state index contributed by atoms with van der Waals surface area (Å²) < 4.78 is 62.8. The summed E-state index contributed by atoms with van der Waals surface area (Å²) in [5.41, 5.74) is 7.05. The molecule has 0 aromatic heterocycles. The summed E-state index contributed by atoms with van der Waals surface area (Å²) in [6.45, 7) is 11.2. The molecule has 0 radical (unpaired) electrons. The number of benzene rings is 2. The summed E-state index contributed by atoms with van der Waals surface area (Å²) in [7, 11) is -4.75. The van der Waals surface area contributed by atoms with Crippen molar-refractivity contribution in [2.45, 2.75) is 83.1 Å². The third-order valence-electron chi connectivity index (χ3n) is 7.93. The van der Waals surface area contributed by atoms with E-state index in [1.165, 1.54) is 42.8 Å². The van der Waals surface area contributed by atoms with Gasteiger partial charge in [-0.2, -0.15) is 8.61 Å². The molecule has 290 valence electrons. The molecule has 3 rings (SSSR count). The molecule has 1 heterocycles. The number of rotatable bonds is 14. The van der Waals surface area contributed by atoms with Gasteiger partial charge in [-0.1, -0.05) is 55.3 Å². The minimum Gasteiger partial charge on any atom is -0.469 e. The fraction of sp³-hybridized carbons (Fsp3) is 0.514. The summed E-state index contributed by atoms with van der Waals surface area (Å²) in [4.78, 5) is 46.1. The average molecular weight is 766 g/mol. The fourth-order valence-electron chi connectivity index (χ4n) is 5.01. The molecular weight excluding hydrogens is 711 g/mol. The molecule has 2 N–H and O–H groups in total. The van der Waals surface area contributed by atoms with Crippen LogP contribution in [0.25, 0.3) is 0 Å². The van der Waals surface area contributed by atoms with E-state index in [1.807, 2.05) is 27.7 Å². The summed E-state index contributed by atoms with van der Waals surface area (Å²) in [5, 5.41) is 0. The van der Waals surface area contributed by atoms with E-state index in [2.05, 4.69) is 9.47 Å². The number of piperidine rings is 1. The van der Waals surface area contributed by atoms with Crippen molar-refractivity contribution in [1.82, 2.24) is 8.61 Å². The third kappa shape index (κ3) is 15.9. The molecule has 1 saturated heterocycles. The zero-order chi connectivity index (χ0) is 39.6. The van der Waals surface area contributed by atoms with Gasteiger partial charge in [-0.25, -0.2) is 21.6 Å². The molecule has 2 atom stereocenters. The van der Waals surface area contributed by atoms with Gasteiger partial charge in [-0.05, 0) is 76.8 Å². The van der Waals surface area contributed by atoms with E-state index in [0.29, 0.717) is 25.4 Å². The topological polar surface area (TPSA) is 188 Å². The Kier molecular flexibility index (Phi) is 19.9. The van der Waals surface area contributed by atoms with Gasteiger partial charge in [0.1, 0.15) is 11.6 Å². The number of carbonyl (C=O) groups excluding carboxylic acids is 4. The Balaban J connectivity index is 0.000000471. The van der Waals surface area contributed by atoms with Crippen LogP contribution in [0.5, 0.6) is 0 Å². The number of ketones is 2. The molecule has 0 spiro atoms. The van der Waals surface area contributed by atoms with E-state index in [1.54, 1.807) is 54.6 Å². The minimum absolute atomic E-state index is 0.0794. The van der Waals surface area contributed by atoms with Crippen molar-refractivity contribution in [2.75, 3.05) is 40.4 Å². The van der Waals surface area contributed by atoms with Crippen LogP contribution in [0.3, 0.4) is 0 Å². The molecule has 1 fully saturated rings. The maximum atomic E-state index is 12.8. The predicted molar refractivity (Wildman–Crippen MR) is 199 cm³/mol. The number of ether oxygens (including phenoxy) is 2. The number of esters is 2. The number of nitrogens with zero attached hydrogens (tertiary/aromatic N) is 2. The maximum absolute atomic E-state index is 12.8. The second kappa shape index (κ2) is 22.3. The van der Waals surface area contributed by atoms with Gasteiger partial charge in [0.15, 0.2) is 0 Å². The maximum Gasteiger partial charge on any atom is 0.330 e. The molecule has 2 unspecified atom stereocenters. The summed E-state index contributed by atoms with van der Waals surface area (Å²) in [6, 6.07) is 13.5. The smallest absolute Gasteiger partial charge is 0.330 e. The van der Waals surface area contributed by atoms with Gasteiger partial charge in [0.25, 0.3) is 0 Å². The van der Waals surface area contributed by atoms with Crippen molar-refractivity contribution in [1.29, 1.82) is 0 Å². The first-order valence-electron chi connectivity index (χ1n) is 17.0. The molecular formula is C37H55N3O10S2. The number of nitrogens with two attached hydrogens (primary N) is 1. The van der Waals surface area contributed by atoms with E-state index in [0.717, 1.165) is 11.1 Å². The lowest BCUT2D eigenvalue weighted by Gasteiger charge is -2.36. The van der Waals surface area contributed by atoms with Crippen LogP contribution in [0.1, 0.15) is 64.5 Å². The molecule has 1 aliphatic rings. The SMILES string of the molecule is CC(C)N.COC(=O)/C=C/CCN(CCC(C)=O)S(=O)(=O)c1ccc(C)cc1.COC(=O)CC1CCN(S(=O)(=O)c2ccc(C)cc2)CC1C(C)=O. The second-order valence-electron chi connectivity index (χ2n) is 12.8. The quantitative estimate of drug-likeness (QED) is 0.214. The van der Waals surface area contributed by atoms with Crippen LogP contribution in [0.2, 0.25) is 0 Å². The normalized spacial score (nSPS) is 16.4. The lowest BCUT2D eigenvalue weighted by molar-refractivity contribution is -0.143. The van der Waals surface area contributed by atoms with Crippen LogP contribution < -0.4 is 5.73 Å². The highest BCUT2D eigenvalue weighted by molar-refractivity contribution is 7.89. The lowest BCUT2D eigenvalue weighted by atomic mass is 9.82. The molecule has 2 aromatic carbocycles. The Morgan fingerprint density at radius 1 is 0.885 bits per heavy atom. The number of aryl methyl sites for hydroxylation is 2. The fourth-order valence-corrected chi connectivity index (χ4v) is 7.95. The van der Waals surface area contributed by atoms with Crippen molar-refractivity contribution in [3.05, 3.63) is 71.8 Å². The molecule has 0 bridgehead atoms. The zero-order valence-corrected chi connectivity index (χ0v) is 33.2. The van der Waals surface area contributed by atoms with Crippen molar-refractivity contribution in [3.63, 3.8) is 0 Å². The van der Waals surface area contributed by atoms with Crippen LogP contribution in [0.15, 0.2) is 70.5 Å². The van der Waals surface area contributed by atoms with Crippen LogP contribution >= 0.6 is 0 Å². The standard InChI is InChI=1S/2C17H23NO5S.C3H9N/c1-12-4-6-15(7-5-12)24(21,22)18-9-8-14(10-17(20)23-3)16(11-18)13(2)19;1-14-7-9-16(10-8-14)24(21,22)18(13-11-15(2)19)12-5-4-6-17(20)23-3;1-3(2)4/h4-7,14,16H,8-11H2,1-3H3;4,6-10H,5,11-13H2,1-3H3;3H,4H2,1-2H3/b;6-4+;. The Hall–Kier alpha value is -3.76. The van der Waals surface area contributed by atoms with Gasteiger partial charge in [0, 0.05) is 51.0 Å². The lowest BCUT2D eigenvalue weighted by Crippen LogP contribution is -2.46. The molecule has 0 saturated carbocycles. The molecule has 1 aliphatic heterocycles. The first-order valence-corrected chi connectivity index (χ1v) is 19.8. The van der Waals surface area contributed by atoms with Crippen molar-refractivity contribution in [3.8, 4) is 0 Å². The Bertz CT molecular complexity index is 1700.